The lowest BCUT2D eigenvalue weighted by atomic mass is 9.90. The first-order valence-electron chi connectivity index (χ1n) is 7.46. The highest BCUT2D eigenvalue weighted by Gasteiger charge is 2.60. The SMILES string of the molecule is CC(C)C12CCC(=CC3=CC4CC[C]3C4)C1C2. The fraction of sp³-hybridized carbons (Fsp3) is 0.706. The van der Waals surface area contributed by atoms with Crippen LogP contribution in [-0.4, -0.2) is 0 Å². The zero-order valence-corrected chi connectivity index (χ0v) is 11.1. The summed E-state index contributed by atoms with van der Waals surface area (Å²) in [6.45, 7) is 4.85. The van der Waals surface area contributed by atoms with Gasteiger partial charge in [0.1, 0.15) is 0 Å². The van der Waals surface area contributed by atoms with Crippen molar-refractivity contribution < 1.29 is 0 Å². The number of fused-ring (bicyclic) bond motifs is 3. The van der Waals surface area contributed by atoms with Crippen LogP contribution in [0.5, 0.6) is 0 Å². The molecule has 0 aromatic carbocycles. The van der Waals surface area contributed by atoms with Crippen molar-refractivity contribution in [3.05, 3.63) is 29.2 Å². The first-order chi connectivity index (χ1) is 8.19. The summed E-state index contributed by atoms with van der Waals surface area (Å²) in [6.07, 6.45) is 13.7. The van der Waals surface area contributed by atoms with E-state index >= 15 is 0 Å². The average Bonchev–Trinajstić information content (AvgIpc) is 2.66. The van der Waals surface area contributed by atoms with Gasteiger partial charge in [-0.15, -0.1) is 0 Å². The molecule has 0 spiro atoms. The number of allylic oxidation sites excluding steroid dienone is 4. The molecule has 91 valence electrons. The van der Waals surface area contributed by atoms with Crippen molar-refractivity contribution in [2.75, 3.05) is 0 Å². The Morgan fingerprint density at radius 1 is 1.35 bits per heavy atom. The third kappa shape index (κ3) is 1.36. The van der Waals surface area contributed by atoms with E-state index in [4.69, 9.17) is 0 Å². The van der Waals surface area contributed by atoms with Crippen molar-refractivity contribution >= 4 is 0 Å². The van der Waals surface area contributed by atoms with Gasteiger partial charge in [-0.2, -0.15) is 0 Å². The summed E-state index contributed by atoms with van der Waals surface area (Å²) < 4.78 is 0. The molecule has 2 bridgehead atoms. The molecule has 0 aromatic rings. The Morgan fingerprint density at radius 2 is 2.24 bits per heavy atom. The van der Waals surface area contributed by atoms with Crippen LogP contribution in [0.2, 0.25) is 0 Å². The molecule has 0 N–H and O–H groups in total. The van der Waals surface area contributed by atoms with Gasteiger partial charge in [0.2, 0.25) is 0 Å². The second-order valence-electron chi connectivity index (χ2n) is 7.09. The highest BCUT2D eigenvalue weighted by Crippen LogP contribution is 2.69. The van der Waals surface area contributed by atoms with Gasteiger partial charge in [0.25, 0.3) is 0 Å². The maximum atomic E-state index is 2.59. The van der Waals surface area contributed by atoms with E-state index in [1.165, 1.54) is 38.5 Å². The zero-order chi connectivity index (χ0) is 11.6. The van der Waals surface area contributed by atoms with Crippen LogP contribution >= 0.6 is 0 Å². The minimum atomic E-state index is 0.731. The minimum absolute atomic E-state index is 0.731. The summed E-state index contributed by atoms with van der Waals surface area (Å²) in [5.74, 6) is 4.53. The lowest BCUT2D eigenvalue weighted by Gasteiger charge is -2.15. The number of rotatable bonds is 2. The van der Waals surface area contributed by atoms with E-state index in [0.29, 0.717) is 0 Å². The maximum Gasteiger partial charge on any atom is 0.00526 e. The zero-order valence-electron chi connectivity index (χ0n) is 11.1. The van der Waals surface area contributed by atoms with E-state index in [1.54, 1.807) is 17.1 Å². The Hall–Kier alpha value is -0.520. The van der Waals surface area contributed by atoms with Crippen molar-refractivity contribution in [1.82, 2.24) is 0 Å². The van der Waals surface area contributed by atoms with Gasteiger partial charge in [-0.1, -0.05) is 31.6 Å². The van der Waals surface area contributed by atoms with Crippen molar-refractivity contribution in [1.29, 1.82) is 0 Å². The molecular weight excluding hydrogens is 204 g/mol. The van der Waals surface area contributed by atoms with Crippen LogP contribution in [0.15, 0.2) is 23.3 Å². The van der Waals surface area contributed by atoms with Gasteiger partial charge in [-0.25, -0.2) is 0 Å². The molecule has 1 radical (unpaired) electrons. The van der Waals surface area contributed by atoms with Gasteiger partial charge in [-0.05, 0) is 67.3 Å². The quantitative estimate of drug-likeness (QED) is 0.642. The van der Waals surface area contributed by atoms with E-state index in [1.807, 2.05) is 0 Å². The predicted octanol–water partition coefficient (Wildman–Crippen LogP) is 4.68. The molecule has 17 heavy (non-hydrogen) atoms. The molecule has 4 aliphatic rings. The van der Waals surface area contributed by atoms with E-state index in [0.717, 1.165) is 23.2 Å². The molecular formula is C17H23. The lowest BCUT2D eigenvalue weighted by Crippen LogP contribution is -2.07. The summed E-state index contributed by atoms with van der Waals surface area (Å²) in [7, 11) is 0. The van der Waals surface area contributed by atoms with Gasteiger partial charge in [0.15, 0.2) is 0 Å². The van der Waals surface area contributed by atoms with Crippen molar-refractivity contribution in [2.24, 2.45) is 23.2 Å². The molecule has 0 saturated heterocycles. The van der Waals surface area contributed by atoms with Gasteiger partial charge in [0, 0.05) is 5.92 Å². The monoisotopic (exact) mass is 227 g/mol. The molecule has 0 heteroatoms. The fourth-order valence-corrected chi connectivity index (χ4v) is 4.75. The topological polar surface area (TPSA) is 0 Å². The smallest absolute Gasteiger partial charge is 0.00526 e. The predicted molar refractivity (Wildman–Crippen MR) is 71.4 cm³/mol. The molecule has 3 fully saturated rings. The molecule has 3 saturated carbocycles. The van der Waals surface area contributed by atoms with Gasteiger partial charge >= 0.3 is 0 Å². The molecule has 0 aliphatic heterocycles. The van der Waals surface area contributed by atoms with E-state index in [2.05, 4.69) is 26.0 Å². The molecule has 0 aromatic heterocycles. The van der Waals surface area contributed by atoms with Crippen LogP contribution in [0.3, 0.4) is 0 Å². The average molecular weight is 227 g/mol. The first kappa shape index (κ1) is 10.4. The molecule has 0 nitrogen and oxygen atoms in total. The molecule has 4 aliphatic carbocycles. The highest BCUT2D eigenvalue weighted by atomic mass is 14.6. The largest absolute Gasteiger partial charge is 0.0776 e. The van der Waals surface area contributed by atoms with Crippen molar-refractivity contribution in [3.8, 4) is 0 Å². The van der Waals surface area contributed by atoms with Crippen LogP contribution in [0.25, 0.3) is 0 Å². The summed E-state index contributed by atoms with van der Waals surface area (Å²) in [5, 5.41) is 0. The molecule has 0 heterocycles. The van der Waals surface area contributed by atoms with Gasteiger partial charge < -0.3 is 0 Å². The lowest BCUT2D eigenvalue weighted by molar-refractivity contribution is 0.344. The molecule has 0 amide bonds. The Morgan fingerprint density at radius 3 is 2.76 bits per heavy atom. The van der Waals surface area contributed by atoms with E-state index < -0.39 is 0 Å². The highest BCUT2D eigenvalue weighted by molar-refractivity contribution is 5.46. The third-order valence-electron chi connectivity index (χ3n) is 6.08. The van der Waals surface area contributed by atoms with Gasteiger partial charge in [0.05, 0.1) is 0 Å². The van der Waals surface area contributed by atoms with Crippen LogP contribution in [0.1, 0.15) is 52.4 Å². The van der Waals surface area contributed by atoms with Crippen LogP contribution in [0, 0.1) is 29.1 Å². The molecule has 4 rings (SSSR count). The number of hydrogen-bond acceptors (Lipinski definition) is 0. The first-order valence-corrected chi connectivity index (χ1v) is 7.46. The van der Waals surface area contributed by atoms with E-state index in [-0.39, 0.29) is 0 Å². The normalized spacial score (nSPS) is 45.8. The molecule has 3 atom stereocenters. The minimum Gasteiger partial charge on any atom is -0.0776 e. The molecule has 3 unspecified atom stereocenters. The van der Waals surface area contributed by atoms with Crippen LogP contribution in [0.4, 0.5) is 0 Å². The summed E-state index contributed by atoms with van der Waals surface area (Å²) in [6, 6.07) is 0. The fourth-order valence-electron chi connectivity index (χ4n) is 4.75. The second kappa shape index (κ2) is 3.28. The van der Waals surface area contributed by atoms with E-state index in [9.17, 15) is 0 Å². The van der Waals surface area contributed by atoms with Crippen LogP contribution < -0.4 is 0 Å². The Labute approximate surface area is 105 Å². The standard InChI is InChI=1S/C17H23/c1-11(2)17-6-5-14(16(17)10-17)9-15-8-12-3-4-13(15)7-12/h8-9,11-12,16H,3-7,10H2,1-2H3. The maximum absolute atomic E-state index is 2.59. The van der Waals surface area contributed by atoms with Crippen molar-refractivity contribution in [3.63, 3.8) is 0 Å². The Balaban J connectivity index is 1.57. The van der Waals surface area contributed by atoms with Crippen LogP contribution in [-0.2, 0) is 0 Å². The van der Waals surface area contributed by atoms with Gasteiger partial charge in [-0.3, -0.25) is 0 Å². The third-order valence-corrected chi connectivity index (χ3v) is 6.08. The Bertz CT molecular complexity index is 412. The number of hydrogen-bond donors (Lipinski definition) is 0. The summed E-state index contributed by atoms with van der Waals surface area (Å²) >= 11 is 0. The summed E-state index contributed by atoms with van der Waals surface area (Å²) in [4.78, 5) is 0. The summed E-state index contributed by atoms with van der Waals surface area (Å²) in [5.41, 5.74) is 4.17. The second-order valence-corrected chi connectivity index (χ2v) is 7.09. The van der Waals surface area contributed by atoms with Crippen molar-refractivity contribution in [2.45, 2.75) is 52.4 Å². The Kier molecular flexibility index (Phi) is 2.00.